The Labute approximate surface area is 94.0 Å². The molecule has 3 nitrogen and oxygen atoms in total. The largest absolute Gasteiger partial charge is 0.469 e. The molecule has 4 heteroatoms. The van der Waals surface area contributed by atoms with Crippen LogP contribution in [0.25, 0.3) is 0 Å². The average Bonchev–Trinajstić information content (AvgIpc) is 2.29. The molecule has 0 aliphatic heterocycles. The maximum Gasteiger partial charge on any atom is 0.306 e. The predicted octanol–water partition coefficient (Wildman–Crippen LogP) is 1.80. The Morgan fingerprint density at radius 2 is 2.20 bits per heavy atom. The third-order valence-electron chi connectivity index (χ3n) is 1.98. The van der Waals surface area contributed by atoms with E-state index in [9.17, 15) is 4.79 Å². The molecule has 1 rings (SSSR count). The number of esters is 1. The molecule has 0 spiro atoms. The standard InChI is InChI=1S/C11H15NO2S/c1-14-11(13)6-7-15-10-5-3-2-4-9(10)8-12/h2-5H,6-8,12H2,1H3. The van der Waals surface area contributed by atoms with Crippen molar-refractivity contribution in [3.8, 4) is 0 Å². The first-order valence-electron chi connectivity index (χ1n) is 4.75. The molecule has 0 saturated heterocycles. The van der Waals surface area contributed by atoms with E-state index in [1.807, 2.05) is 24.3 Å². The van der Waals surface area contributed by atoms with E-state index in [4.69, 9.17) is 5.73 Å². The van der Waals surface area contributed by atoms with Gasteiger partial charge in [-0.1, -0.05) is 18.2 Å². The van der Waals surface area contributed by atoms with Crippen LogP contribution >= 0.6 is 11.8 Å². The van der Waals surface area contributed by atoms with E-state index in [1.165, 1.54) is 7.11 Å². The zero-order chi connectivity index (χ0) is 11.1. The summed E-state index contributed by atoms with van der Waals surface area (Å²) in [5.41, 5.74) is 6.72. The van der Waals surface area contributed by atoms with Crippen LogP contribution in [0.1, 0.15) is 12.0 Å². The molecule has 0 aliphatic carbocycles. The molecule has 0 fully saturated rings. The third-order valence-corrected chi connectivity index (χ3v) is 3.10. The number of rotatable bonds is 5. The molecule has 82 valence electrons. The summed E-state index contributed by atoms with van der Waals surface area (Å²) >= 11 is 1.63. The maximum atomic E-state index is 10.9. The van der Waals surface area contributed by atoms with Crippen LogP contribution in [-0.4, -0.2) is 18.8 Å². The highest BCUT2D eigenvalue weighted by Gasteiger charge is 2.03. The van der Waals surface area contributed by atoms with E-state index >= 15 is 0 Å². The van der Waals surface area contributed by atoms with Crippen molar-refractivity contribution in [2.45, 2.75) is 17.9 Å². The molecule has 0 bridgehead atoms. The van der Waals surface area contributed by atoms with Gasteiger partial charge < -0.3 is 10.5 Å². The van der Waals surface area contributed by atoms with Gasteiger partial charge in [0.2, 0.25) is 0 Å². The maximum absolute atomic E-state index is 10.9. The van der Waals surface area contributed by atoms with Crippen molar-refractivity contribution in [1.82, 2.24) is 0 Å². The lowest BCUT2D eigenvalue weighted by Gasteiger charge is -2.06. The van der Waals surface area contributed by atoms with Crippen molar-refractivity contribution in [2.24, 2.45) is 5.73 Å². The Hall–Kier alpha value is -1.00. The fourth-order valence-electron chi connectivity index (χ4n) is 1.16. The minimum absolute atomic E-state index is 0.173. The van der Waals surface area contributed by atoms with Crippen LogP contribution in [0.4, 0.5) is 0 Å². The average molecular weight is 225 g/mol. The summed E-state index contributed by atoms with van der Waals surface area (Å²) in [6, 6.07) is 7.96. The number of carbonyl (C=O) groups is 1. The van der Waals surface area contributed by atoms with Gasteiger partial charge in [-0.25, -0.2) is 0 Å². The number of methoxy groups -OCH3 is 1. The zero-order valence-electron chi connectivity index (χ0n) is 8.73. The van der Waals surface area contributed by atoms with Gasteiger partial charge in [-0.2, -0.15) is 0 Å². The van der Waals surface area contributed by atoms with E-state index in [0.29, 0.717) is 13.0 Å². The highest BCUT2D eigenvalue weighted by molar-refractivity contribution is 7.99. The fraction of sp³-hybridized carbons (Fsp3) is 0.364. The minimum Gasteiger partial charge on any atom is -0.469 e. The van der Waals surface area contributed by atoms with Crippen LogP contribution < -0.4 is 5.73 Å². The van der Waals surface area contributed by atoms with E-state index in [1.54, 1.807) is 11.8 Å². The van der Waals surface area contributed by atoms with Gasteiger partial charge in [-0.15, -0.1) is 11.8 Å². The van der Waals surface area contributed by atoms with Gasteiger partial charge in [0.25, 0.3) is 0 Å². The molecule has 0 atom stereocenters. The quantitative estimate of drug-likeness (QED) is 0.613. The van der Waals surface area contributed by atoms with Crippen LogP contribution in [0, 0.1) is 0 Å². The monoisotopic (exact) mass is 225 g/mol. The number of hydrogen-bond donors (Lipinski definition) is 1. The Morgan fingerprint density at radius 1 is 1.47 bits per heavy atom. The third kappa shape index (κ3) is 3.93. The number of carbonyl (C=O) groups excluding carboxylic acids is 1. The second-order valence-electron chi connectivity index (χ2n) is 2.99. The van der Waals surface area contributed by atoms with Crippen molar-refractivity contribution in [1.29, 1.82) is 0 Å². The van der Waals surface area contributed by atoms with E-state index in [2.05, 4.69) is 4.74 Å². The van der Waals surface area contributed by atoms with Crippen LogP contribution in [0.15, 0.2) is 29.2 Å². The van der Waals surface area contributed by atoms with Gasteiger partial charge in [-0.3, -0.25) is 4.79 Å². The summed E-state index contributed by atoms with van der Waals surface area (Å²) in [6.07, 6.45) is 0.431. The molecule has 1 aromatic carbocycles. The molecule has 2 N–H and O–H groups in total. The Bertz CT molecular complexity index is 328. The van der Waals surface area contributed by atoms with Crippen molar-refractivity contribution in [3.63, 3.8) is 0 Å². The van der Waals surface area contributed by atoms with Gasteiger partial charge >= 0.3 is 5.97 Å². The summed E-state index contributed by atoms with van der Waals surface area (Å²) in [6.45, 7) is 0.529. The number of thioether (sulfide) groups is 1. The summed E-state index contributed by atoms with van der Waals surface area (Å²) in [5.74, 6) is 0.552. The molecular weight excluding hydrogens is 210 g/mol. The first-order chi connectivity index (χ1) is 7.27. The topological polar surface area (TPSA) is 52.3 Å². The lowest BCUT2D eigenvalue weighted by Crippen LogP contribution is -2.02. The van der Waals surface area contributed by atoms with Gasteiger partial charge in [0.1, 0.15) is 0 Å². The van der Waals surface area contributed by atoms with Gasteiger partial charge in [0.15, 0.2) is 0 Å². The summed E-state index contributed by atoms with van der Waals surface area (Å²) in [7, 11) is 1.40. The van der Waals surface area contributed by atoms with Crippen molar-refractivity contribution in [2.75, 3.05) is 12.9 Å². The minimum atomic E-state index is -0.173. The molecule has 0 amide bonds. The zero-order valence-corrected chi connectivity index (χ0v) is 9.55. The number of hydrogen-bond acceptors (Lipinski definition) is 4. The molecular formula is C11H15NO2S. The molecule has 15 heavy (non-hydrogen) atoms. The number of nitrogens with two attached hydrogens (primary N) is 1. The summed E-state index contributed by atoms with van der Waals surface area (Å²) in [4.78, 5) is 12.0. The molecule has 1 aromatic rings. The normalized spacial score (nSPS) is 10.0. The van der Waals surface area contributed by atoms with Crippen LogP contribution in [0.5, 0.6) is 0 Å². The van der Waals surface area contributed by atoms with Gasteiger partial charge in [-0.05, 0) is 11.6 Å². The smallest absolute Gasteiger partial charge is 0.306 e. The molecule has 0 unspecified atom stereocenters. The van der Waals surface area contributed by atoms with E-state index < -0.39 is 0 Å². The highest BCUT2D eigenvalue weighted by atomic mass is 32.2. The van der Waals surface area contributed by atoms with Gasteiger partial charge in [0.05, 0.1) is 13.5 Å². The van der Waals surface area contributed by atoms with Crippen LogP contribution in [-0.2, 0) is 16.1 Å². The molecule has 0 aliphatic rings. The van der Waals surface area contributed by atoms with E-state index in [-0.39, 0.29) is 5.97 Å². The Balaban J connectivity index is 2.46. The summed E-state index contributed by atoms with van der Waals surface area (Å²) in [5, 5.41) is 0. The molecule has 0 radical (unpaired) electrons. The second kappa shape index (κ2) is 6.48. The van der Waals surface area contributed by atoms with Crippen LogP contribution in [0.2, 0.25) is 0 Å². The van der Waals surface area contributed by atoms with Crippen molar-refractivity contribution < 1.29 is 9.53 Å². The fourth-order valence-corrected chi connectivity index (χ4v) is 2.16. The summed E-state index contributed by atoms with van der Waals surface area (Å²) < 4.78 is 4.57. The number of ether oxygens (including phenoxy) is 1. The first-order valence-corrected chi connectivity index (χ1v) is 5.74. The highest BCUT2D eigenvalue weighted by Crippen LogP contribution is 2.22. The van der Waals surface area contributed by atoms with Crippen molar-refractivity contribution in [3.05, 3.63) is 29.8 Å². The first kappa shape index (κ1) is 12.1. The molecule has 0 heterocycles. The van der Waals surface area contributed by atoms with Crippen molar-refractivity contribution >= 4 is 17.7 Å². The SMILES string of the molecule is COC(=O)CCSc1ccccc1CN. The predicted molar refractivity (Wildman–Crippen MR) is 61.7 cm³/mol. The van der Waals surface area contributed by atoms with Crippen LogP contribution in [0.3, 0.4) is 0 Å². The lowest BCUT2D eigenvalue weighted by molar-refractivity contribution is -0.140. The second-order valence-corrected chi connectivity index (χ2v) is 4.12. The van der Waals surface area contributed by atoms with E-state index in [0.717, 1.165) is 16.2 Å². The molecule has 0 saturated carbocycles. The molecule has 0 aromatic heterocycles. The number of benzene rings is 1. The van der Waals surface area contributed by atoms with Gasteiger partial charge in [0, 0.05) is 17.2 Å². The Kier molecular flexibility index (Phi) is 5.21. The lowest BCUT2D eigenvalue weighted by atomic mass is 10.2. The Morgan fingerprint density at radius 3 is 2.87 bits per heavy atom.